The average Bonchev–Trinajstić information content (AvgIpc) is 2.63. The van der Waals surface area contributed by atoms with E-state index in [9.17, 15) is 36.3 Å². The van der Waals surface area contributed by atoms with Gasteiger partial charge in [0.15, 0.2) is 0 Å². The van der Waals surface area contributed by atoms with Crippen molar-refractivity contribution >= 4 is 64.6 Å². The number of hydrogen-bond donors (Lipinski definition) is 1. The van der Waals surface area contributed by atoms with Crippen LogP contribution < -0.4 is 93.9 Å². The molecule has 0 aliphatic rings. The van der Waals surface area contributed by atoms with E-state index in [-0.39, 0.29) is 126 Å². The van der Waals surface area contributed by atoms with Crippen LogP contribution in [-0.4, -0.2) is 31.0 Å². The molecule has 1 N–H and O–H groups in total. The first-order valence-electron chi connectivity index (χ1n) is 7.56. The van der Waals surface area contributed by atoms with Crippen molar-refractivity contribution in [2.24, 2.45) is 0 Å². The molecule has 0 heterocycles. The molecule has 0 aliphatic carbocycles. The van der Waals surface area contributed by atoms with Gasteiger partial charge in [-0.15, -0.1) is 0 Å². The Labute approximate surface area is 252 Å². The van der Waals surface area contributed by atoms with E-state index in [0.717, 1.165) is 12.1 Å². The second-order valence-electron chi connectivity index (χ2n) is 5.97. The topological polar surface area (TPSA) is 176 Å². The number of aromatic hydroxyl groups is 1. The largest absolute Gasteiger partial charge is 1.00 e. The van der Waals surface area contributed by atoms with Gasteiger partial charge >= 0.3 is 88.7 Å². The fourth-order valence-electron chi connectivity index (χ4n) is 3.41. The number of benzene rings is 4. The third-order valence-corrected chi connectivity index (χ3v) is 6.85. The summed E-state index contributed by atoms with van der Waals surface area (Å²) >= 11 is 0.337. The van der Waals surface area contributed by atoms with Crippen molar-refractivity contribution in [3.63, 3.8) is 0 Å². The van der Waals surface area contributed by atoms with Gasteiger partial charge < -0.3 is 19.5 Å². The van der Waals surface area contributed by atoms with Gasteiger partial charge in [0.2, 0.25) is 0 Å². The maximum absolute atomic E-state index is 11.8. The van der Waals surface area contributed by atoms with Crippen molar-refractivity contribution in [1.29, 1.82) is 0 Å². The van der Waals surface area contributed by atoms with E-state index in [2.05, 4.69) is 9.37 Å². The SMILES string of the molecule is O=S(=O)([O-])c1cc(O)c2ccc3c(SOO[O-])cc(S(=O)(=O)[O-])c4ccc1c2c34.[Na+].[Na+].[Na+]. The molecule has 0 saturated heterocycles. The predicted molar refractivity (Wildman–Crippen MR) is 95.8 cm³/mol. The number of phenolic OH excluding ortho intramolecular Hbond substituents is 1. The summed E-state index contributed by atoms with van der Waals surface area (Å²) in [5.74, 6) is -0.523. The molecule has 0 aliphatic heterocycles. The summed E-state index contributed by atoms with van der Waals surface area (Å²) in [7, 11) is -10.00. The summed E-state index contributed by atoms with van der Waals surface area (Å²) in [4.78, 5) is -1.36. The van der Waals surface area contributed by atoms with Gasteiger partial charge in [0.05, 0.1) is 21.8 Å². The van der Waals surface area contributed by atoms with Crippen LogP contribution in [0.1, 0.15) is 0 Å². The molecule has 0 bridgehead atoms. The zero-order chi connectivity index (χ0) is 21.1. The summed E-state index contributed by atoms with van der Waals surface area (Å²) in [5, 5.41) is 24.2. The molecule has 32 heavy (non-hydrogen) atoms. The van der Waals surface area contributed by atoms with Crippen molar-refractivity contribution in [3.05, 3.63) is 36.4 Å². The van der Waals surface area contributed by atoms with E-state index < -0.39 is 35.8 Å². The van der Waals surface area contributed by atoms with E-state index in [1.54, 1.807) is 0 Å². The van der Waals surface area contributed by atoms with Crippen LogP contribution in [0.5, 0.6) is 5.75 Å². The van der Waals surface area contributed by atoms with E-state index >= 15 is 0 Å². The second kappa shape index (κ2) is 11.2. The Morgan fingerprint density at radius 1 is 0.750 bits per heavy atom. The van der Waals surface area contributed by atoms with Crippen LogP contribution in [0.4, 0.5) is 0 Å². The normalized spacial score (nSPS) is 11.8. The quantitative estimate of drug-likeness (QED) is 0.0655. The molecular weight excluding hydrogens is 517 g/mol. The van der Waals surface area contributed by atoms with Gasteiger partial charge in [-0.05, 0) is 29.0 Å². The van der Waals surface area contributed by atoms with Crippen LogP contribution in [0.3, 0.4) is 0 Å². The maximum Gasteiger partial charge on any atom is 1.00 e. The molecule has 16 heteroatoms. The summed E-state index contributed by atoms with van der Waals surface area (Å²) in [6.07, 6.45) is 0. The van der Waals surface area contributed by atoms with Gasteiger partial charge in [-0.3, -0.25) is 5.04 Å². The summed E-state index contributed by atoms with van der Waals surface area (Å²) in [6, 6.07) is 7.03. The van der Waals surface area contributed by atoms with E-state index in [1.165, 1.54) is 24.3 Å². The predicted octanol–water partition coefficient (Wildman–Crippen LogP) is -7.66. The van der Waals surface area contributed by atoms with Crippen LogP contribution in [0.25, 0.3) is 32.3 Å². The Bertz CT molecular complexity index is 1510. The fraction of sp³-hybridized carbons (Fsp3) is 0. The van der Waals surface area contributed by atoms with Gasteiger partial charge in [0.25, 0.3) is 0 Å². The van der Waals surface area contributed by atoms with Gasteiger partial charge in [-0.25, -0.2) is 16.8 Å². The monoisotopic (exact) mass is 524 g/mol. The van der Waals surface area contributed by atoms with Crippen molar-refractivity contribution in [2.75, 3.05) is 0 Å². The standard InChI is InChI=1S/C16H10O10S3.3Na/c17-11-5-13(28(19,20)21)9-3-4-10-14(29(22,23)24)6-12(27-26-25-18)8-2-1-7(11)15(9)16(8)10;;;/h1-6,17-18H,(H,19,20,21)(H,22,23,24);;;/q;3*+1/p-3. The Kier molecular flexibility index (Phi) is 10.8. The van der Waals surface area contributed by atoms with E-state index in [1.807, 2.05) is 0 Å². The van der Waals surface area contributed by atoms with Crippen molar-refractivity contribution in [1.82, 2.24) is 0 Å². The van der Waals surface area contributed by atoms with Gasteiger partial charge in [-0.1, -0.05) is 18.2 Å². The van der Waals surface area contributed by atoms with Crippen molar-refractivity contribution in [2.45, 2.75) is 14.7 Å². The summed E-state index contributed by atoms with van der Waals surface area (Å²) in [6.45, 7) is 0. The van der Waals surface area contributed by atoms with Gasteiger partial charge in [0.1, 0.15) is 26.0 Å². The molecule has 0 amide bonds. The Morgan fingerprint density at radius 2 is 1.19 bits per heavy atom. The molecule has 10 nitrogen and oxygen atoms in total. The zero-order valence-corrected chi connectivity index (χ0v) is 25.3. The molecular formula is C16H7Na3O10S3. The summed E-state index contributed by atoms with van der Waals surface area (Å²) in [5.41, 5.74) is 0. The van der Waals surface area contributed by atoms with Crippen LogP contribution in [0.15, 0.2) is 51.1 Å². The molecule has 0 aromatic heterocycles. The minimum atomic E-state index is -5.00. The van der Waals surface area contributed by atoms with Crippen molar-refractivity contribution < 1.29 is 134 Å². The molecule has 4 rings (SSSR count). The maximum atomic E-state index is 11.8. The smallest absolute Gasteiger partial charge is 0.744 e. The molecule has 0 radical (unpaired) electrons. The Balaban J connectivity index is 0.00000171. The Morgan fingerprint density at radius 3 is 1.69 bits per heavy atom. The second-order valence-corrected chi connectivity index (χ2v) is 9.40. The van der Waals surface area contributed by atoms with Crippen molar-refractivity contribution in [3.8, 4) is 5.75 Å². The van der Waals surface area contributed by atoms with Gasteiger partial charge in [-0.2, -0.15) is 4.33 Å². The van der Waals surface area contributed by atoms with Crippen LogP contribution in [0.2, 0.25) is 0 Å². The molecule has 0 unspecified atom stereocenters. The van der Waals surface area contributed by atoms with E-state index in [0.29, 0.717) is 12.0 Å². The molecule has 152 valence electrons. The first-order valence-corrected chi connectivity index (χ1v) is 11.1. The fourth-order valence-corrected chi connectivity index (χ4v) is 5.41. The van der Waals surface area contributed by atoms with Crippen LogP contribution in [-0.2, 0) is 29.6 Å². The first kappa shape index (κ1) is 30.8. The molecule has 0 spiro atoms. The van der Waals surface area contributed by atoms with Gasteiger partial charge in [0, 0.05) is 26.4 Å². The molecule has 0 saturated carbocycles. The third kappa shape index (κ3) is 5.44. The Hall–Kier alpha value is 0.770. The first-order chi connectivity index (χ1) is 13.5. The molecule has 4 aromatic rings. The molecule has 0 atom stereocenters. The molecule has 0 fully saturated rings. The number of hydrogen-bond acceptors (Lipinski definition) is 11. The molecule has 4 aromatic carbocycles. The summed E-state index contributed by atoms with van der Waals surface area (Å²) < 4.78 is 74.7. The minimum Gasteiger partial charge on any atom is -0.744 e. The average molecular weight is 524 g/mol. The zero-order valence-electron chi connectivity index (χ0n) is 16.8. The number of phenols is 1. The van der Waals surface area contributed by atoms with Crippen LogP contribution >= 0.6 is 12.0 Å². The minimum absolute atomic E-state index is 0. The van der Waals surface area contributed by atoms with E-state index in [4.69, 9.17) is 0 Å². The third-order valence-electron chi connectivity index (χ3n) is 4.45. The van der Waals surface area contributed by atoms with Crippen LogP contribution in [0, 0.1) is 0 Å². The number of rotatable bonds is 5.